The van der Waals surface area contributed by atoms with Crippen molar-refractivity contribution >= 4 is 83.7 Å². The molecule has 4 N–H and O–H groups in total. The lowest BCUT2D eigenvalue weighted by molar-refractivity contribution is 0.380. The molecule has 4 aliphatic heterocycles. The Morgan fingerprint density at radius 2 is 0.675 bits per heavy atom. The highest BCUT2D eigenvalue weighted by Gasteiger charge is 2.37. The van der Waals surface area contributed by atoms with Gasteiger partial charge in [0.15, 0.2) is 0 Å². The van der Waals surface area contributed by atoms with Crippen molar-refractivity contribution < 1.29 is 38.1 Å². The molecule has 19 rings (SSSR count). The van der Waals surface area contributed by atoms with Crippen molar-refractivity contribution in [3.8, 4) is 44.5 Å². The molecule has 0 saturated carbocycles. The van der Waals surface area contributed by atoms with Crippen LogP contribution in [0.5, 0.6) is 0 Å². The van der Waals surface area contributed by atoms with E-state index in [9.17, 15) is 38.1 Å². The molecule has 126 heavy (non-hydrogen) atoms. The quantitative estimate of drug-likeness (QED) is 0.0493. The number of aryl methyl sites for hydroxylation is 1. The molecule has 0 aliphatic carbocycles. The standard InChI is InChI=1S/C26H30N4O2S.C25H28N4O2S.C24H25FN4O2S.C22H30N4O2S/c31-33(32,16-12-21-5-2-1-3-6-21)30-13-4-7-22(10-15-30)20-29-14-11-24-17-23(8-9-26(24)29)25-18-27-28-19-25;30-32(31,19-21-5-2-1-3-6-21)29-12-4-7-20(10-14-29)18-28-13-11-23-15-22(8-9-25(23)28)24-16-26-27-17-24;25-22-4-6-23(7-5-22)32(30,31)29-11-1-2-18(9-13-29)17-28-12-10-20-14-19(3-8-24(20)28)21-15-26-27-16-21;1-22(2,3)29(27,28)26-10-4-5-17(8-12-26)16-25-11-9-19-13-18(6-7-21(19)25)20-14-23-24-15-20/h1-3,5-6,8-9,11,14,17-19,22H,4,7,10,12-13,15-16,20H2,(H,27,28);1-3,5-6,8-9,11,13,15-17,20H,4,7,10,12,14,18-19H2,(H,26,27);3-8,10,12,14-16,18H,1-2,9,11,13,17H2,(H,26,27);6-7,9,11,13-15,17H,4-5,8,10,12,16H2,1-3H3,(H,23,24). The topological polar surface area (TPSA) is 284 Å². The molecule has 8 aromatic heterocycles. The Morgan fingerprint density at radius 3 is 1.02 bits per heavy atom. The first-order valence-electron chi connectivity index (χ1n) is 44.0. The van der Waals surface area contributed by atoms with Gasteiger partial charge in [-0.15, -0.1) is 0 Å². The predicted molar refractivity (Wildman–Crippen MR) is 499 cm³/mol. The summed E-state index contributed by atoms with van der Waals surface area (Å²) in [5.41, 5.74) is 15.7. The summed E-state index contributed by atoms with van der Waals surface area (Å²) < 4.78 is 132. The van der Waals surface area contributed by atoms with Crippen LogP contribution in [0.25, 0.3) is 88.1 Å². The third-order valence-corrected chi connectivity index (χ3v) is 33.7. The Hall–Kier alpha value is -10.9. The number of nitrogens with zero attached hydrogens (tertiary/aromatic N) is 12. The van der Waals surface area contributed by atoms with Crippen LogP contribution in [-0.4, -0.2) is 173 Å². The molecule has 12 heterocycles. The van der Waals surface area contributed by atoms with E-state index < -0.39 is 50.7 Å². The minimum absolute atomic E-state index is 0.0831. The minimum Gasteiger partial charge on any atom is -0.347 e. The van der Waals surface area contributed by atoms with E-state index in [2.05, 4.69) is 181 Å². The molecular formula is C97H113FN16O8S4. The Bertz CT molecular complexity index is 6560. The van der Waals surface area contributed by atoms with Gasteiger partial charge in [0, 0.05) is 194 Å². The first-order chi connectivity index (χ1) is 60.9. The van der Waals surface area contributed by atoms with Gasteiger partial charge >= 0.3 is 0 Å². The molecule has 0 amide bonds. The summed E-state index contributed by atoms with van der Waals surface area (Å²) in [6, 6.07) is 58.9. The molecule has 24 nitrogen and oxygen atoms in total. The van der Waals surface area contributed by atoms with Crippen LogP contribution in [0.3, 0.4) is 0 Å². The van der Waals surface area contributed by atoms with Crippen LogP contribution < -0.4 is 0 Å². The molecule has 4 saturated heterocycles. The van der Waals surface area contributed by atoms with E-state index in [1.54, 1.807) is 38.0 Å². The molecule has 0 radical (unpaired) electrons. The number of halogens is 1. The Kier molecular flexibility index (Phi) is 27.8. The number of fused-ring (bicyclic) bond motifs is 4. The van der Waals surface area contributed by atoms with Crippen molar-refractivity contribution in [2.24, 2.45) is 23.7 Å². The number of aromatic amines is 4. The summed E-state index contributed by atoms with van der Waals surface area (Å²) >= 11 is 0. The van der Waals surface area contributed by atoms with Crippen LogP contribution in [0.2, 0.25) is 0 Å². The van der Waals surface area contributed by atoms with Crippen LogP contribution in [0, 0.1) is 29.5 Å². The summed E-state index contributed by atoms with van der Waals surface area (Å²) in [6.45, 7) is 13.7. The van der Waals surface area contributed by atoms with E-state index in [-0.39, 0.29) is 16.4 Å². The molecule has 29 heteroatoms. The van der Waals surface area contributed by atoms with E-state index in [4.69, 9.17) is 0 Å². The van der Waals surface area contributed by atoms with Crippen molar-refractivity contribution in [2.75, 3.05) is 58.1 Å². The number of rotatable bonds is 22. The van der Waals surface area contributed by atoms with E-state index in [0.717, 1.165) is 159 Å². The number of aromatic nitrogens is 12. The highest BCUT2D eigenvalue weighted by molar-refractivity contribution is 7.90. The van der Waals surface area contributed by atoms with Crippen molar-refractivity contribution in [3.05, 3.63) is 273 Å². The normalized spacial score (nSPS) is 18.3. The number of H-pyrrole nitrogens is 4. The van der Waals surface area contributed by atoms with Crippen LogP contribution >= 0.6 is 0 Å². The van der Waals surface area contributed by atoms with Gasteiger partial charge in [-0.05, 0) is 258 Å². The fourth-order valence-electron chi connectivity index (χ4n) is 18.3. The van der Waals surface area contributed by atoms with E-state index in [1.807, 2.05) is 110 Å². The van der Waals surface area contributed by atoms with Gasteiger partial charge in [0.2, 0.25) is 40.1 Å². The summed E-state index contributed by atoms with van der Waals surface area (Å²) in [6.07, 6.45) is 35.2. The van der Waals surface area contributed by atoms with Crippen LogP contribution in [0.1, 0.15) is 109 Å². The second-order valence-electron chi connectivity index (χ2n) is 35.1. The summed E-state index contributed by atoms with van der Waals surface area (Å²) in [5, 5.41) is 32.4. The monoisotopic (exact) mass is 1780 g/mol. The number of sulfonamides is 4. The van der Waals surface area contributed by atoms with E-state index >= 15 is 0 Å². The molecular weight excluding hydrogens is 1660 g/mol. The minimum atomic E-state index is -3.60. The zero-order chi connectivity index (χ0) is 87.4. The van der Waals surface area contributed by atoms with Gasteiger partial charge < -0.3 is 18.3 Å². The lowest BCUT2D eigenvalue weighted by atomic mass is 10.0. The van der Waals surface area contributed by atoms with Gasteiger partial charge in [-0.25, -0.2) is 51.0 Å². The van der Waals surface area contributed by atoms with Crippen molar-refractivity contribution in [3.63, 3.8) is 0 Å². The maximum Gasteiger partial charge on any atom is 0.243 e. The number of hydrogen-bond acceptors (Lipinski definition) is 12. The van der Waals surface area contributed by atoms with Crippen LogP contribution in [-0.2, 0) is 78.4 Å². The third kappa shape index (κ3) is 21.5. The smallest absolute Gasteiger partial charge is 0.243 e. The maximum atomic E-state index is 13.2. The zero-order valence-corrected chi connectivity index (χ0v) is 75.1. The molecule has 0 bridgehead atoms. The maximum absolute atomic E-state index is 13.2. The zero-order valence-electron chi connectivity index (χ0n) is 71.8. The molecule has 7 aromatic carbocycles. The molecule has 15 aromatic rings. The van der Waals surface area contributed by atoms with Gasteiger partial charge in [-0.1, -0.05) is 84.9 Å². The fourth-order valence-corrected chi connectivity index (χ4v) is 24.4. The number of hydrogen-bond donors (Lipinski definition) is 4. The van der Waals surface area contributed by atoms with Crippen LogP contribution in [0.4, 0.5) is 4.39 Å². The number of nitrogens with one attached hydrogen (secondary N) is 4. The molecule has 660 valence electrons. The largest absolute Gasteiger partial charge is 0.347 e. The van der Waals surface area contributed by atoms with Gasteiger partial charge in [-0.2, -0.15) is 24.7 Å². The summed E-state index contributed by atoms with van der Waals surface area (Å²) in [5.74, 6) is 1.66. The van der Waals surface area contributed by atoms with Gasteiger partial charge in [0.1, 0.15) is 5.82 Å². The summed E-state index contributed by atoms with van der Waals surface area (Å²) in [7, 11) is -13.4. The van der Waals surface area contributed by atoms with Crippen LogP contribution in [0.15, 0.2) is 261 Å². The first-order valence-corrected chi connectivity index (χ1v) is 50.1. The average Bonchev–Trinajstić information content (AvgIpc) is 1.67. The van der Waals surface area contributed by atoms with E-state index in [0.29, 0.717) is 82.5 Å². The average molecular weight is 1780 g/mol. The van der Waals surface area contributed by atoms with Gasteiger partial charge in [0.05, 0.1) is 45.9 Å². The highest BCUT2D eigenvalue weighted by atomic mass is 32.2. The van der Waals surface area contributed by atoms with Gasteiger partial charge in [-0.3, -0.25) is 20.4 Å². The molecule has 4 aliphatic rings. The second kappa shape index (κ2) is 39.6. The predicted octanol–water partition coefficient (Wildman–Crippen LogP) is 18.3. The molecule has 4 fully saturated rings. The Balaban J connectivity index is 0.000000124. The Morgan fingerprint density at radius 1 is 0.349 bits per heavy atom. The van der Waals surface area contributed by atoms with Crippen molar-refractivity contribution in [2.45, 2.75) is 146 Å². The molecule has 4 unspecified atom stereocenters. The van der Waals surface area contributed by atoms with Crippen molar-refractivity contribution in [1.82, 2.24) is 76.3 Å². The fraction of sp³-hybridized carbons (Fsp3) is 0.361. The first kappa shape index (κ1) is 88.5. The van der Waals surface area contributed by atoms with Gasteiger partial charge in [0.25, 0.3) is 0 Å². The summed E-state index contributed by atoms with van der Waals surface area (Å²) in [4.78, 5) is 0.155. The molecule has 4 atom stereocenters. The third-order valence-electron chi connectivity index (χ3n) is 25.5. The lowest BCUT2D eigenvalue weighted by Crippen LogP contribution is -2.43. The van der Waals surface area contributed by atoms with Crippen molar-refractivity contribution in [1.29, 1.82) is 0 Å². The highest BCUT2D eigenvalue weighted by Crippen LogP contribution is 2.36. The second-order valence-corrected chi connectivity index (χ2v) is 43.8. The SMILES string of the molecule is CC(C)(C)S(=O)(=O)N1CCCC(Cn2ccc3cc(-c4cn[nH]c4)ccc32)CC1.O=S(=O)(CCc1ccccc1)N1CCCC(Cn2ccc3cc(-c4cn[nH]c4)ccc32)CC1.O=S(=O)(Cc1ccccc1)N1CCCC(Cn2ccc3cc(-c4cn[nH]c4)ccc32)CC1.O=S(=O)(c1ccc(F)cc1)N1CCCC(Cn2ccc3cc(-c4cn[nH]c4)ccc32)CC1. The molecule has 0 spiro atoms. The van der Waals surface area contributed by atoms with E-state index in [1.165, 1.54) is 67.9 Å². The number of benzene rings is 7. The Labute approximate surface area is 738 Å². The lowest BCUT2D eigenvalue weighted by Gasteiger charge is -2.29.